The van der Waals surface area contributed by atoms with E-state index in [-0.39, 0.29) is 5.57 Å². The first-order valence-electron chi connectivity index (χ1n) is 6.33. The summed E-state index contributed by atoms with van der Waals surface area (Å²) in [5, 5.41) is 17.3. The van der Waals surface area contributed by atoms with Gasteiger partial charge in [0.05, 0.1) is 6.42 Å². The highest BCUT2D eigenvalue weighted by Gasteiger charge is 2.10. The maximum Gasteiger partial charge on any atom is 0.331 e. The van der Waals surface area contributed by atoms with E-state index >= 15 is 0 Å². The van der Waals surface area contributed by atoms with Crippen LogP contribution < -0.4 is 0 Å². The Balaban J connectivity index is 3.76. The second-order valence-electron chi connectivity index (χ2n) is 4.17. The molecule has 0 amide bonds. The number of allylic oxidation sites excluding steroid dienone is 3. The average molecular weight is 254 g/mol. The van der Waals surface area contributed by atoms with Crippen LogP contribution in [0.1, 0.15) is 51.9 Å². The summed E-state index contributed by atoms with van der Waals surface area (Å²) in [5.74, 6) is -2.24. The third kappa shape index (κ3) is 9.63. The largest absolute Gasteiger partial charge is 0.481 e. The molecule has 0 saturated heterocycles. The molecule has 102 valence electrons. The number of carbonyl (C=O) groups is 2. The van der Waals surface area contributed by atoms with E-state index < -0.39 is 18.4 Å². The maximum atomic E-state index is 10.7. The maximum absolute atomic E-state index is 10.7. The molecule has 18 heavy (non-hydrogen) atoms. The fourth-order valence-electron chi connectivity index (χ4n) is 1.60. The van der Waals surface area contributed by atoms with Gasteiger partial charge in [-0.1, -0.05) is 31.1 Å². The molecule has 0 fully saturated rings. The fraction of sp³-hybridized carbons (Fsp3) is 0.571. The number of hydrogen-bond donors (Lipinski definition) is 2. The van der Waals surface area contributed by atoms with Gasteiger partial charge in [-0.15, -0.1) is 0 Å². The van der Waals surface area contributed by atoms with Gasteiger partial charge in [0, 0.05) is 5.57 Å². The Kier molecular flexibility index (Phi) is 9.64. The van der Waals surface area contributed by atoms with Gasteiger partial charge in [-0.25, -0.2) is 4.79 Å². The van der Waals surface area contributed by atoms with Crippen LogP contribution in [-0.4, -0.2) is 22.2 Å². The minimum absolute atomic E-state index is 0.0172. The van der Waals surface area contributed by atoms with E-state index in [0.717, 1.165) is 32.1 Å². The lowest BCUT2D eigenvalue weighted by atomic mass is 10.1. The van der Waals surface area contributed by atoms with Crippen LogP contribution in [0.25, 0.3) is 0 Å². The monoisotopic (exact) mass is 254 g/mol. The molecule has 0 saturated carbocycles. The third-order valence-corrected chi connectivity index (χ3v) is 2.57. The van der Waals surface area contributed by atoms with Crippen molar-refractivity contribution < 1.29 is 19.8 Å². The predicted molar refractivity (Wildman–Crippen MR) is 70.5 cm³/mol. The molecule has 0 aromatic carbocycles. The van der Waals surface area contributed by atoms with Gasteiger partial charge < -0.3 is 10.2 Å². The lowest BCUT2D eigenvalue weighted by molar-refractivity contribution is -0.139. The van der Waals surface area contributed by atoms with Crippen molar-refractivity contribution in [3.63, 3.8) is 0 Å². The zero-order valence-corrected chi connectivity index (χ0v) is 10.9. The molecule has 2 N–H and O–H groups in total. The zero-order chi connectivity index (χ0) is 13.8. The van der Waals surface area contributed by atoms with Crippen LogP contribution in [-0.2, 0) is 9.59 Å². The molecule has 0 bridgehead atoms. The molecular formula is C14H22O4. The molecule has 0 rings (SSSR count). The number of carboxylic acid groups (broad SMARTS) is 2. The van der Waals surface area contributed by atoms with Crippen LogP contribution in [0, 0.1) is 0 Å². The first-order valence-corrected chi connectivity index (χ1v) is 6.33. The van der Waals surface area contributed by atoms with Gasteiger partial charge in [0.25, 0.3) is 0 Å². The summed E-state index contributed by atoms with van der Waals surface area (Å²) in [7, 11) is 0. The van der Waals surface area contributed by atoms with Crippen molar-refractivity contribution in [1.29, 1.82) is 0 Å². The van der Waals surface area contributed by atoms with Crippen LogP contribution in [0.2, 0.25) is 0 Å². The second kappa shape index (κ2) is 10.6. The van der Waals surface area contributed by atoms with Crippen molar-refractivity contribution in [3.05, 3.63) is 23.8 Å². The Morgan fingerprint density at radius 1 is 1.00 bits per heavy atom. The van der Waals surface area contributed by atoms with Crippen LogP contribution in [0.15, 0.2) is 23.8 Å². The van der Waals surface area contributed by atoms with E-state index in [0.29, 0.717) is 6.42 Å². The molecule has 0 aliphatic heterocycles. The highest BCUT2D eigenvalue weighted by atomic mass is 16.4. The van der Waals surface area contributed by atoms with Crippen molar-refractivity contribution in [2.45, 2.75) is 51.9 Å². The van der Waals surface area contributed by atoms with Crippen molar-refractivity contribution in [3.8, 4) is 0 Å². The fourth-order valence-corrected chi connectivity index (χ4v) is 1.60. The predicted octanol–water partition coefficient (Wildman–Crippen LogP) is 3.39. The Morgan fingerprint density at radius 3 is 2.11 bits per heavy atom. The Labute approximate surface area is 108 Å². The molecule has 0 aromatic heterocycles. The smallest absolute Gasteiger partial charge is 0.331 e. The number of unbranched alkanes of at least 4 members (excludes halogenated alkanes) is 5. The van der Waals surface area contributed by atoms with Gasteiger partial charge in [-0.3, -0.25) is 4.79 Å². The Hall–Kier alpha value is -1.58. The van der Waals surface area contributed by atoms with Gasteiger partial charge >= 0.3 is 11.9 Å². The SMILES string of the molecule is CC=CCCCCCCC=C(CC(=O)O)C(=O)O. The summed E-state index contributed by atoms with van der Waals surface area (Å²) in [6.45, 7) is 2.00. The quantitative estimate of drug-likeness (QED) is 0.356. The zero-order valence-electron chi connectivity index (χ0n) is 10.9. The number of aliphatic carboxylic acids is 2. The molecule has 0 aliphatic carbocycles. The van der Waals surface area contributed by atoms with Crippen molar-refractivity contribution >= 4 is 11.9 Å². The highest BCUT2D eigenvalue weighted by Crippen LogP contribution is 2.09. The average Bonchev–Trinajstić information content (AvgIpc) is 2.30. The van der Waals surface area contributed by atoms with E-state index in [1.54, 1.807) is 0 Å². The van der Waals surface area contributed by atoms with Gasteiger partial charge in [-0.2, -0.15) is 0 Å². The molecule has 4 heteroatoms. The summed E-state index contributed by atoms with van der Waals surface area (Å²) in [6, 6.07) is 0. The molecule has 0 aliphatic rings. The Morgan fingerprint density at radius 2 is 1.61 bits per heavy atom. The van der Waals surface area contributed by atoms with E-state index in [1.165, 1.54) is 6.08 Å². The first-order chi connectivity index (χ1) is 8.57. The molecule has 4 nitrogen and oxygen atoms in total. The molecule has 0 spiro atoms. The summed E-state index contributed by atoms with van der Waals surface area (Å²) in [5.41, 5.74) is -0.0172. The highest BCUT2D eigenvalue weighted by molar-refractivity contribution is 5.91. The van der Waals surface area contributed by atoms with Crippen molar-refractivity contribution in [1.82, 2.24) is 0 Å². The summed E-state index contributed by atoms with van der Waals surface area (Å²) < 4.78 is 0. The van der Waals surface area contributed by atoms with Crippen LogP contribution in [0.3, 0.4) is 0 Å². The van der Waals surface area contributed by atoms with Gasteiger partial charge in [0.1, 0.15) is 0 Å². The van der Waals surface area contributed by atoms with Crippen molar-refractivity contribution in [2.24, 2.45) is 0 Å². The topological polar surface area (TPSA) is 74.6 Å². The van der Waals surface area contributed by atoms with Crippen molar-refractivity contribution in [2.75, 3.05) is 0 Å². The lowest BCUT2D eigenvalue weighted by Gasteiger charge is -2.00. The van der Waals surface area contributed by atoms with Crippen LogP contribution in [0.4, 0.5) is 0 Å². The molecule has 0 aromatic rings. The van der Waals surface area contributed by atoms with E-state index in [2.05, 4.69) is 6.08 Å². The third-order valence-electron chi connectivity index (χ3n) is 2.57. The summed E-state index contributed by atoms with van der Waals surface area (Å²) >= 11 is 0. The standard InChI is InChI=1S/C14H22O4/c1-2-3-4-5-6-7-8-9-10-12(14(17)18)11-13(15)16/h2-3,10H,4-9,11H2,1H3,(H,15,16)(H,17,18). The molecule has 0 heterocycles. The molecular weight excluding hydrogens is 232 g/mol. The molecule has 0 atom stereocenters. The first kappa shape index (κ1) is 16.4. The number of carboxylic acids is 2. The lowest BCUT2D eigenvalue weighted by Crippen LogP contribution is -2.06. The Bertz CT molecular complexity index is 316. The number of hydrogen-bond acceptors (Lipinski definition) is 2. The van der Waals surface area contributed by atoms with Gasteiger partial charge in [0.15, 0.2) is 0 Å². The van der Waals surface area contributed by atoms with Gasteiger partial charge in [-0.05, 0) is 32.6 Å². The normalized spacial score (nSPS) is 11.9. The van der Waals surface area contributed by atoms with E-state index in [4.69, 9.17) is 10.2 Å². The minimum atomic E-state index is -1.13. The van der Waals surface area contributed by atoms with E-state index in [1.807, 2.05) is 13.0 Å². The molecule has 0 unspecified atom stereocenters. The summed E-state index contributed by atoms with van der Waals surface area (Å²) in [6.07, 6.45) is 11.3. The van der Waals surface area contributed by atoms with Crippen LogP contribution >= 0.6 is 0 Å². The summed E-state index contributed by atoms with van der Waals surface area (Å²) in [4.78, 5) is 21.2. The second-order valence-corrected chi connectivity index (χ2v) is 4.17. The molecule has 0 radical (unpaired) electrons. The van der Waals surface area contributed by atoms with Crippen LogP contribution in [0.5, 0.6) is 0 Å². The van der Waals surface area contributed by atoms with Gasteiger partial charge in [0.2, 0.25) is 0 Å². The number of rotatable bonds is 10. The minimum Gasteiger partial charge on any atom is -0.481 e. The van der Waals surface area contributed by atoms with E-state index in [9.17, 15) is 9.59 Å².